The topological polar surface area (TPSA) is 66.5 Å². The lowest BCUT2D eigenvalue weighted by Crippen LogP contribution is -2.46. The van der Waals surface area contributed by atoms with Crippen LogP contribution < -0.4 is 5.32 Å². The van der Waals surface area contributed by atoms with Crippen LogP contribution in [0.3, 0.4) is 0 Å². The highest BCUT2D eigenvalue weighted by Crippen LogP contribution is 2.26. The molecule has 23 heavy (non-hydrogen) atoms. The van der Waals surface area contributed by atoms with Gasteiger partial charge in [0.15, 0.2) is 0 Å². The normalized spacial score (nSPS) is 19.8. The zero-order valence-corrected chi connectivity index (χ0v) is 15.1. The average Bonchev–Trinajstić information content (AvgIpc) is 2.49. The number of carbonyl (C=O) groups excluding carboxylic acids is 1. The van der Waals surface area contributed by atoms with Gasteiger partial charge in [0.05, 0.1) is 10.8 Å². The molecule has 1 aromatic rings. The second kappa shape index (κ2) is 7.01. The highest BCUT2D eigenvalue weighted by Gasteiger charge is 2.34. The predicted octanol–water partition coefficient (Wildman–Crippen LogP) is 2.23. The number of sulfonamides is 1. The van der Waals surface area contributed by atoms with Crippen LogP contribution >= 0.6 is 0 Å². The van der Waals surface area contributed by atoms with Crippen LogP contribution in [0.1, 0.15) is 37.8 Å². The molecule has 0 radical (unpaired) electrons. The lowest BCUT2D eigenvalue weighted by molar-refractivity contribution is -0.126. The number of rotatable bonds is 4. The van der Waals surface area contributed by atoms with E-state index in [2.05, 4.69) is 5.32 Å². The summed E-state index contributed by atoms with van der Waals surface area (Å²) in [6.45, 7) is 8.24. The Bertz CT molecular complexity index is 683. The van der Waals surface area contributed by atoms with E-state index in [1.54, 1.807) is 13.0 Å². The number of carbonyl (C=O) groups is 1. The van der Waals surface area contributed by atoms with Gasteiger partial charge in [-0.1, -0.05) is 12.1 Å². The van der Waals surface area contributed by atoms with Crippen molar-refractivity contribution in [2.45, 2.75) is 51.5 Å². The first-order chi connectivity index (χ1) is 10.7. The van der Waals surface area contributed by atoms with Crippen molar-refractivity contribution in [1.29, 1.82) is 0 Å². The molecule has 1 aliphatic heterocycles. The number of aryl methyl sites for hydroxylation is 2. The Morgan fingerprint density at radius 3 is 2.65 bits per heavy atom. The molecule has 1 amide bonds. The summed E-state index contributed by atoms with van der Waals surface area (Å²) in [5.74, 6) is -0.327. The summed E-state index contributed by atoms with van der Waals surface area (Å²) >= 11 is 0. The molecule has 0 aliphatic carbocycles. The molecule has 5 nitrogen and oxygen atoms in total. The summed E-state index contributed by atoms with van der Waals surface area (Å²) < 4.78 is 27.4. The van der Waals surface area contributed by atoms with Crippen LogP contribution in [0.15, 0.2) is 23.1 Å². The summed E-state index contributed by atoms with van der Waals surface area (Å²) in [5, 5.41) is 2.88. The van der Waals surface area contributed by atoms with Gasteiger partial charge in [0.2, 0.25) is 15.9 Å². The van der Waals surface area contributed by atoms with Gasteiger partial charge in [-0.15, -0.1) is 0 Å². The molecular formula is C17H26N2O3S. The number of hydrogen-bond donors (Lipinski definition) is 1. The van der Waals surface area contributed by atoms with Crippen molar-refractivity contribution in [3.8, 4) is 0 Å². The summed E-state index contributed by atoms with van der Waals surface area (Å²) in [5.41, 5.74) is 1.66. The SMILES string of the molecule is Cc1ccc(C)c(S(=O)(=O)N2CCCC(C(=O)NC(C)C)C2)c1. The first-order valence-electron chi connectivity index (χ1n) is 8.09. The van der Waals surface area contributed by atoms with Gasteiger partial charge in [0, 0.05) is 19.1 Å². The molecule has 1 fully saturated rings. The van der Waals surface area contributed by atoms with E-state index in [9.17, 15) is 13.2 Å². The Hall–Kier alpha value is -1.40. The number of benzene rings is 1. The van der Waals surface area contributed by atoms with Crippen molar-refractivity contribution >= 4 is 15.9 Å². The highest BCUT2D eigenvalue weighted by molar-refractivity contribution is 7.89. The van der Waals surface area contributed by atoms with Gasteiger partial charge in [-0.2, -0.15) is 4.31 Å². The summed E-state index contributed by atoms with van der Waals surface area (Å²) in [7, 11) is -3.56. The molecule has 1 aliphatic rings. The smallest absolute Gasteiger partial charge is 0.243 e. The van der Waals surface area contributed by atoms with Crippen molar-refractivity contribution in [2.75, 3.05) is 13.1 Å². The van der Waals surface area contributed by atoms with Gasteiger partial charge in [-0.3, -0.25) is 4.79 Å². The third kappa shape index (κ3) is 4.12. The molecule has 0 aromatic heterocycles. The molecule has 0 spiro atoms. The van der Waals surface area contributed by atoms with Crippen molar-refractivity contribution in [3.63, 3.8) is 0 Å². The molecule has 1 saturated heterocycles. The number of piperidine rings is 1. The first-order valence-corrected chi connectivity index (χ1v) is 9.53. The molecule has 6 heteroatoms. The molecule has 0 saturated carbocycles. The summed E-state index contributed by atoms with van der Waals surface area (Å²) in [6, 6.07) is 5.51. The first kappa shape index (κ1) is 17.9. The van der Waals surface area contributed by atoms with Gasteiger partial charge in [-0.05, 0) is 57.7 Å². The molecule has 1 unspecified atom stereocenters. The van der Waals surface area contributed by atoms with Crippen LogP contribution in [0.2, 0.25) is 0 Å². The second-order valence-corrected chi connectivity index (χ2v) is 8.54. The van der Waals surface area contributed by atoms with Crippen LogP contribution in [-0.4, -0.2) is 37.8 Å². The molecule has 1 N–H and O–H groups in total. The van der Waals surface area contributed by atoms with E-state index in [4.69, 9.17) is 0 Å². The van der Waals surface area contributed by atoms with Crippen molar-refractivity contribution in [2.24, 2.45) is 5.92 Å². The highest BCUT2D eigenvalue weighted by atomic mass is 32.2. The number of nitrogens with one attached hydrogen (secondary N) is 1. The standard InChI is InChI=1S/C17H26N2O3S/c1-12(2)18-17(20)15-6-5-9-19(11-15)23(21,22)16-10-13(3)7-8-14(16)4/h7-8,10,12,15H,5-6,9,11H2,1-4H3,(H,18,20). The monoisotopic (exact) mass is 338 g/mol. The quantitative estimate of drug-likeness (QED) is 0.915. The average molecular weight is 338 g/mol. The fourth-order valence-electron chi connectivity index (χ4n) is 2.90. The minimum absolute atomic E-state index is 0.0548. The lowest BCUT2D eigenvalue weighted by Gasteiger charge is -2.32. The van der Waals surface area contributed by atoms with Gasteiger partial charge in [0.1, 0.15) is 0 Å². The maximum Gasteiger partial charge on any atom is 0.243 e. The molecule has 1 heterocycles. The third-order valence-corrected chi connectivity index (χ3v) is 6.15. The Morgan fingerprint density at radius 1 is 1.30 bits per heavy atom. The van der Waals surface area contributed by atoms with E-state index in [1.807, 2.05) is 32.9 Å². The van der Waals surface area contributed by atoms with Gasteiger partial charge < -0.3 is 5.32 Å². The Morgan fingerprint density at radius 2 is 2.00 bits per heavy atom. The van der Waals surface area contributed by atoms with Crippen molar-refractivity contribution < 1.29 is 13.2 Å². The zero-order chi connectivity index (χ0) is 17.2. The third-order valence-electron chi connectivity index (χ3n) is 4.15. The molecule has 128 valence electrons. The number of nitrogens with zero attached hydrogens (tertiary/aromatic N) is 1. The minimum Gasteiger partial charge on any atom is -0.354 e. The Labute approximate surface area is 139 Å². The molecular weight excluding hydrogens is 312 g/mol. The van der Waals surface area contributed by atoms with E-state index in [0.717, 1.165) is 17.5 Å². The van der Waals surface area contributed by atoms with Gasteiger partial charge in [0.25, 0.3) is 0 Å². The van der Waals surface area contributed by atoms with Crippen molar-refractivity contribution in [1.82, 2.24) is 9.62 Å². The molecule has 1 aromatic carbocycles. The predicted molar refractivity (Wildman–Crippen MR) is 90.7 cm³/mol. The second-order valence-electron chi connectivity index (χ2n) is 6.63. The minimum atomic E-state index is -3.56. The largest absolute Gasteiger partial charge is 0.354 e. The fraction of sp³-hybridized carbons (Fsp3) is 0.588. The summed E-state index contributed by atoms with van der Waals surface area (Å²) in [6.07, 6.45) is 1.44. The van der Waals surface area contributed by atoms with E-state index in [-0.39, 0.29) is 24.4 Å². The maximum absolute atomic E-state index is 12.9. The van der Waals surface area contributed by atoms with E-state index >= 15 is 0 Å². The maximum atomic E-state index is 12.9. The molecule has 0 bridgehead atoms. The Kier molecular flexibility index (Phi) is 5.47. The van der Waals surface area contributed by atoms with Crippen molar-refractivity contribution in [3.05, 3.63) is 29.3 Å². The summed E-state index contributed by atoms with van der Waals surface area (Å²) in [4.78, 5) is 12.6. The Balaban J connectivity index is 2.23. The van der Waals surface area contributed by atoms with Crippen LogP contribution in [0.4, 0.5) is 0 Å². The van der Waals surface area contributed by atoms with Crippen LogP contribution in [-0.2, 0) is 14.8 Å². The van der Waals surface area contributed by atoms with Crippen LogP contribution in [0.5, 0.6) is 0 Å². The molecule has 2 rings (SSSR count). The van der Waals surface area contributed by atoms with Crippen LogP contribution in [0, 0.1) is 19.8 Å². The molecule has 1 atom stereocenters. The van der Waals surface area contributed by atoms with Gasteiger partial charge in [-0.25, -0.2) is 8.42 Å². The number of hydrogen-bond acceptors (Lipinski definition) is 3. The lowest BCUT2D eigenvalue weighted by atomic mass is 9.98. The van der Waals surface area contributed by atoms with E-state index in [0.29, 0.717) is 17.9 Å². The van der Waals surface area contributed by atoms with E-state index in [1.165, 1.54) is 4.31 Å². The zero-order valence-electron chi connectivity index (χ0n) is 14.3. The number of amides is 1. The van der Waals surface area contributed by atoms with E-state index < -0.39 is 10.0 Å². The fourth-order valence-corrected chi connectivity index (χ4v) is 4.73. The van der Waals surface area contributed by atoms with Gasteiger partial charge >= 0.3 is 0 Å². The van der Waals surface area contributed by atoms with Crippen LogP contribution in [0.25, 0.3) is 0 Å².